The van der Waals surface area contributed by atoms with Gasteiger partial charge in [0.15, 0.2) is 11.5 Å². The van der Waals surface area contributed by atoms with Crippen LogP contribution in [-0.2, 0) is 17.8 Å². The molecule has 0 saturated carbocycles. The van der Waals surface area contributed by atoms with Crippen LogP contribution in [0.5, 0.6) is 11.5 Å². The van der Waals surface area contributed by atoms with Crippen LogP contribution in [-0.4, -0.2) is 41.2 Å². The average molecular weight is 495 g/mol. The monoisotopic (exact) mass is 494 g/mol. The van der Waals surface area contributed by atoms with E-state index < -0.39 is 11.3 Å². The molecule has 10 heteroatoms. The highest BCUT2D eigenvalue weighted by Gasteiger charge is 2.21. The summed E-state index contributed by atoms with van der Waals surface area (Å²) < 4.78 is 12.6. The minimum atomic E-state index is -0.613. The number of pyridine rings is 1. The predicted octanol–water partition coefficient (Wildman–Crippen LogP) is 2.97. The number of aromatic nitrogens is 2. The molecule has 2 amide bonds. The zero-order chi connectivity index (χ0) is 24.5. The first-order chi connectivity index (χ1) is 16.9. The number of H-pyrrole nitrogens is 1. The molecule has 0 spiro atoms. The topological polar surface area (TPSA) is 114 Å². The Bertz CT molecular complexity index is 1520. The van der Waals surface area contributed by atoms with E-state index in [0.717, 1.165) is 16.5 Å². The van der Waals surface area contributed by atoms with E-state index in [1.165, 1.54) is 6.20 Å². The minimum Gasteiger partial charge on any atom is -0.454 e. The van der Waals surface area contributed by atoms with Crippen molar-refractivity contribution in [2.75, 3.05) is 19.9 Å². The second kappa shape index (κ2) is 9.34. The molecule has 0 bridgehead atoms. The van der Waals surface area contributed by atoms with Gasteiger partial charge in [-0.05, 0) is 43.2 Å². The molecule has 2 aromatic carbocycles. The Kier molecular flexibility index (Phi) is 6.08. The lowest BCUT2D eigenvalue weighted by Crippen LogP contribution is -2.39. The third-order valence-corrected chi connectivity index (χ3v) is 6.25. The van der Waals surface area contributed by atoms with Gasteiger partial charge in [-0.2, -0.15) is 0 Å². The summed E-state index contributed by atoms with van der Waals surface area (Å²) in [4.78, 5) is 41.3. The Morgan fingerprint density at radius 2 is 1.91 bits per heavy atom. The number of carbonyl (C=O) groups excluding carboxylic acids is 2. The Balaban J connectivity index is 1.23. The van der Waals surface area contributed by atoms with Crippen LogP contribution >= 0.6 is 11.6 Å². The van der Waals surface area contributed by atoms with Gasteiger partial charge in [0.1, 0.15) is 5.56 Å². The van der Waals surface area contributed by atoms with Gasteiger partial charge in [-0.1, -0.05) is 11.6 Å². The number of fused-ring (bicyclic) bond motifs is 3. The normalized spacial score (nSPS) is 12.3. The van der Waals surface area contributed by atoms with Crippen LogP contribution in [0.2, 0.25) is 5.02 Å². The lowest BCUT2D eigenvalue weighted by atomic mass is 10.1. The molecule has 3 heterocycles. The van der Waals surface area contributed by atoms with Crippen molar-refractivity contribution in [3.63, 3.8) is 0 Å². The molecule has 1 aliphatic rings. The maximum Gasteiger partial charge on any atom is 0.257 e. The smallest absolute Gasteiger partial charge is 0.257 e. The summed E-state index contributed by atoms with van der Waals surface area (Å²) in [5, 5.41) is 7.34. The van der Waals surface area contributed by atoms with Crippen LogP contribution in [0, 0.1) is 0 Å². The predicted molar refractivity (Wildman–Crippen MR) is 132 cm³/mol. The van der Waals surface area contributed by atoms with Gasteiger partial charge in [0.25, 0.3) is 5.91 Å². The molecular formula is C25H23ClN4O5. The number of aromatic amines is 1. The van der Waals surface area contributed by atoms with Crippen molar-refractivity contribution >= 4 is 45.2 Å². The standard InChI is InChI=1S/C25H23ClN4O5/c1-2-30-12-18(24(32)17-8-21-22(9-20(17)30)35-13-34-21)25(33)29-11-23(31)27-6-5-14-10-28-19-4-3-15(26)7-16(14)19/h3-4,7-10,12,28H,2,5-6,11,13H2,1H3,(H,27,31)(H,29,33). The second-order valence-corrected chi connectivity index (χ2v) is 8.60. The first kappa shape index (κ1) is 22.8. The number of nitrogens with one attached hydrogen (secondary N) is 3. The van der Waals surface area contributed by atoms with Gasteiger partial charge in [0, 0.05) is 47.5 Å². The van der Waals surface area contributed by atoms with Crippen molar-refractivity contribution in [1.29, 1.82) is 0 Å². The summed E-state index contributed by atoms with van der Waals surface area (Å²) in [6.07, 6.45) is 3.99. The van der Waals surface area contributed by atoms with Crippen molar-refractivity contribution in [2.45, 2.75) is 19.9 Å². The van der Waals surface area contributed by atoms with Gasteiger partial charge in [-0.3, -0.25) is 14.4 Å². The molecule has 0 unspecified atom stereocenters. The first-order valence-electron chi connectivity index (χ1n) is 11.2. The van der Waals surface area contributed by atoms with Crippen LogP contribution < -0.4 is 25.5 Å². The molecule has 5 rings (SSSR count). The van der Waals surface area contributed by atoms with Gasteiger partial charge < -0.3 is 29.7 Å². The number of hydrogen-bond acceptors (Lipinski definition) is 5. The van der Waals surface area contributed by atoms with E-state index in [1.54, 1.807) is 16.7 Å². The summed E-state index contributed by atoms with van der Waals surface area (Å²) >= 11 is 6.08. The van der Waals surface area contributed by atoms with Gasteiger partial charge in [0.05, 0.1) is 17.4 Å². The zero-order valence-electron chi connectivity index (χ0n) is 18.9. The molecule has 4 aromatic rings. The van der Waals surface area contributed by atoms with E-state index in [2.05, 4.69) is 15.6 Å². The Morgan fingerprint density at radius 1 is 1.11 bits per heavy atom. The van der Waals surface area contributed by atoms with Crippen LogP contribution in [0.1, 0.15) is 22.8 Å². The van der Waals surface area contributed by atoms with Crippen molar-refractivity contribution < 1.29 is 19.1 Å². The quantitative estimate of drug-likeness (QED) is 0.365. The Morgan fingerprint density at radius 3 is 2.71 bits per heavy atom. The number of nitrogens with zero attached hydrogens (tertiary/aromatic N) is 1. The number of ether oxygens (including phenoxy) is 2. The minimum absolute atomic E-state index is 0.0401. The Labute approximate surface area is 205 Å². The summed E-state index contributed by atoms with van der Waals surface area (Å²) in [6, 6.07) is 8.93. The molecule has 3 N–H and O–H groups in total. The van der Waals surface area contributed by atoms with Gasteiger partial charge in [0.2, 0.25) is 18.1 Å². The number of hydrogen-bond donors (Lipinski definition) is 3. The van der Waals surface area contributed by atoms with Gasteiger partial charge >= 0.3 is 0 Å². The fourth-order valence-electron chi connectivity index (χ4n) is 4.22. The van der Waals surface area contributed by atoms with Crippen LogP contribution in [0.15, 0.2) is 47.5 Å². The van der Waals surface area contributed by atoms with E-state index >= 15 is 0 Å². The number of halogens is 1. The molecular weight excluding hydrogens is 472 g/mol. The first-order valence-corrected chi connectivity index (χ1v) is 11.6. The zero-order valence-corrected chi connectivity index (χ0v) is 19.7. The van der Waals surface area contributed by atoms with Crippen LogP contribution in [0.4, 0.5) is 0 Å². The fourth-order valence-corrected chi connectivity index (χ4v) is 4.39. The van der Waals surface area contributed by atoms with Crippen LogP contribution in [0.3, 0.4) is 0 Å². The molecule has 180 valence electrons. The third-order valence-electron chi connectivity index (χ3n) is 6.02. The van der Waals surface area contributed by atoms with E-state index in [1.807, 2.05) is 31.3 Å². The Hall–Kier alpha value is -3.98. The molecule has 9 nitrogen and oxygen atoms in total. The van der Waals surface area contributed by atoms with Gasteiger partial charge in [-0.15, -0.1) is 0 Å². The van der Waals surface area contributed by atoms with Crippen LogP contribution in [0.25, 0.3) is 21.8 Å². The van der Waals surface area contributed by atoms with Crippen molar-refractivity contribution in [2.24, 2.45) is 0 Å². The highest BCUT2D eigenvalue weighted by atomic mass is 35.5. The summed E-state index contributed by atoms with van der Waals surface area (Å²) in [5.74, 6) is 0.0600. The highest BCUT2D eigenvalue weighted by Crippen LogP contribution is 2.35. The molecule has 0 radical (unpaired) electrons. The maximum absolute atomic E-state index is 13.0. The number of aryl methyl sites for hydroxylation is 1. The summed E-state index contributed by atoms with van der Waals surface area (Å²) in [6.45, 7) is 2.67. The molecule has 2 aromatic heterocycles. The van der Waals surface area contributed by atoms with Crippen molar-refractivity contribution in [3.05, 3.63) is 69.1 Å². The van der Waals surface area contributed by atoms with E-state index in [-0.39, 0.29) is 24.8 Å². The number of carbonyl (C=O) groups is 2. The van der Waals surface area contributed by atoms with Gasteiger partial charge in [-0.25, -0.2) is 0 Å². The lowest BCUT2D eigenvalue weighted by Gasteiger charge is -2.12. The lowest BCUT2D eigenvalue weighted by molar-refractivity contribution is -0.120. The van der Waals surface area contributed by atoms with E-state index in [9.17, 15) is 14.4 Å². The number of benzene rings is 2. The highest BCUT2D eigenvalue weighted by molar-refractivity contribution is 6.31. The third kappa shape index (κ3) is 4.42. The maximum atomic E-state index is 13.0. The molecule has 0 atom stereocenters. The van der Waals surface area contributed by atoms with Crippen molar-refractivity contribution in [1.82, 2.24) is 20.2 Å². The van der Waals surface area contributed by atoms with Crippen molar-refractivity contribution in [3.8, 4) is 11.5 Å². The second-order valence-electron chi connectivity index (χ2n) is 8.17. The SMILES string of the molecule is CCn1cc(C(=O)NCC(=O)NCCc2c[nH]c3ccc(Cl)cc23)c(=O)c2cc3c(cc21)OCO3. The fraction of sp³-hybridized carbons (Fsp3) is 0.240. The molecule has 0 aliphatic carbocycles. The summed E-state index contributed by atoms with van der Waals surface area (Å²) in [5.41, 5.74) is 2.18. The summed E-state index contributed by atoms with van der Waals surface area (Å²) in [7, 11) is 0. The number of rotatable bonds is 7. The molecule has 0 saturated heterocycles. The largest absolute Gasteiger partial charge is 0.454 e. The molecule has 35 heavy (non-hydrogen) atoms. The average Bonchev–Trinajstić information content (AvgIpc) is 3.48. The van der Waals surface area contributed by atoms with E-state index in [0.29, 0.717) is 46.9 Å². The number of amides is 2. The van der Waals surface area contributed by atoms with E-state index in [4.69, 9.17) is 21.1 Å². The molecule has 1 aliphatic heterocycles. The molecule has 0 fully saturated rings.